The van der Waals surface area contributed by atoms with Gasteiger partial charge in [-0.3, -0.25) is 0 Å². The first-order valence-electron chi connectivity index (χ1n) is 11.4. The molecule has 0 N–H and O–H groups in total. The number of hydrogen-bond donors (Lipinski definition) is 0. The quantitative estimate of drug-likeness (QED) is 0.125. The third-order valence-electron chi connectivity index (χ3n) is 4.64. The summed E-state index contributed by atoms with van der Waals surface area (Å²) in [5.41, 5.74) is 2.30. The maximum Gasteiger partial charge on any atom is 0.147 e. The van der Waals surface area contributed by atoms with Gasteiger partial charge in [0.15, 0.2) is 0 Å². The van der Waals surface area contributed by atoms with Gasteiger partial charge in [-0.15, -0.1) is 0 Å². The van der Waals surface area contributed by atoms with Gasteiger partial charge in [-0.1, -0.05) is 45.7 Å². The van der Waals surface area contributed by atoms with E-state index in [0.29, 0.717) is 26.4 Å². The second-order valence-corrected chi connectivity index (χ2v) is 13.9. The predicted octanol–water partition coefficient (Wildman–Crippen LogP) is 9.47. The minimum absolute atomic E-state index is 0.131. The fraction of sp³-hybridized carbons (Fsp3) is 0.520. The maximum atomic E-state index is 6.03. The average Bonchev–Trinajstić information content (AvgIpc) is 2.78. The largest absolute Gasteiger partial charge is 0.490 e. The summed E-state index contributed by atoms with van der Waals surface area (Å²) in [4.78, 5) is 0.262. The lowest BCUT2D eigenvalue weighted by atomic mass is 10.0. The van der Waals surface area contributed by atoms with Gasteiger partial charge < -0.3 is 18.9 Å². The molecule has 2 unspecified atom stereocenters. The Morgan fingerprint density at radius 1 is 0.600 bits per heavy atom. The Bertz CT molecular complexity index is 807. The van der Waals surface area contributed by atoms with Crippen molar-refractivity contribution in [3.05, 3.63) is 53.3 Å². The van der Waals surface area contributed by atoms with Crippen LogP contribution in [0.3, 0.4) is 0 Å². The third-order valence-corrected chi connectivity index (χ3v) is 8.05. The van der Waals surface area contributed by atoms with E-state index in [0.717, 1.165) is 73.0 Å². The zero-order valence-corrected chi connectivity index (χ0v) is 29.2. The van der Waals surface area contributed by atoms with Crippen LogP contribution in [0.1, 0.15) is 37.8 Å². The van der Waals surface area contributed by atoms with Crippen LogP contribution in [0.25, 0.3) is 0 Å². The summed E-state index contributed by atoms with van der Waals surface area (Å²) in [6.07, 6.45) is 2.77. The van der Waals surface area contributed by atoms with E-state index >= 15 is 0 Å². The summed E-state index contributed by atoms with van der Waals surface area (Å²) in [5.74, 6) is 1.57. The second-order valence-electron chi connectivity index (χ2n) is 7.92. The van der Waals surface area contributed by atoms with Gasteiger partial charge in [0.1, 0.15) is 24.7 Å². The number of halogens is 6. The standard InChI is InChI=1S/C25H30Br6O4/c1-3-5-32-12-18(26)14-34-24-20(28)8-16(9-21(24)29)7-17-10-22(30)25(23(31)11-17)35-15-19(27)13-33-6-4-2/h8-11,18-19H,3-7,12-15H2,1-2H3. The first kappa shape index (κ1) is 32.1. The van der Waals surface area contributed by atoms with Gasteiger partial charge >= 0.3 is 0 Å². The molecular weight excluding hydrogens is 844 g/mol. The van der Waals surface area contributed by atoms with Gasteiger partial charge in [0.05, 0.1) is 40.8 Å². The van der Waals surface area contributed by atoms with Crippen LogP contribution < -0.4 is 9.47 Å². The van der Waals surface area contributed by atoms with Crippen LogP contribution >= 0.6 is 95.6 Å². The molecule has 0 aliphatic rings. The first-order chi connectivity index (χ1) is 16.7. The van der Waals surface area contributed by atoms with E-state index < -0.39 is 0 Å². The van der Waals surface area contributed by atoms with Gasteiger partial charge in [-0.2, -0.15) is 0 Å². The van der Waals surface area contributed by atoms with Crippen molar-refractivity contribution >= 4 is 95.6 Å². The van der Waals surface area contributed by atoms with Gasteiger partial charge in [0.25, 0.3) is 0 Å². The predicted molar refractivity (Wildman–Crippen MR) is 165 cm³/mol. The van der Waals surface area contributed by atoms with Crippen LogP contribution in [0.15, 0.2) is 42.2 Å². The summed E-state index contributed by atoms with van der Waals surface area (Å²) in [7, 11) is 0. The highest BCUT2D eigenvalue weighted by molar-refractivity contribution is 9.11. The normalized spacial score (nSPS) is 13.0. The molecule has 0 radical (unpaired) electrons. The van der Waals surface area contributed by atoms with E-state index in [1.54, 1.807) is 0 Å². The molecule has 2 aromatic carbocycles. The summed E-state index contributed by atoms with van der Waals surface area (Å²) < 4.78 is 26.8. The minimum Gasteiger partial charge on any atom is -0.490 e. The van der Waals surface area contributed by atoms with Crippen molar-refractivity contribution in [1.82, 2.24) is 0 Å². The zero-order valence-electron chi connectivity index (χ0n) is 19.7. The molecule has 2 atom stereocenters. The fourth-order valence-electron chi connectivity index (χ4n) is 3.10. The number of ether oxygens (including phenoxy) is 4. The Hall–Kier alpha value is 0.840. The molecule has 0 fully saturated rings. The summed E-state index contributed by atoms with van der Waals surface area (Å²) in [6.45, 7) is 7.98. The molecule has 2 aromatic rings. The molecule has 10 heteroatoms. The van der Waals surface area contributed by atoms with Crippen LogP contribution in [0.2, 0.25) is 0 Å². The highest BCUT2D eigenvalue weighted by atomic mass is 79.9. The van der Waals surface area contributed by atoms with Gasteiger partial charge in [-0.25, -0.2) is 0 Å². The van der Waals surface area contributed by atoms with Gasteiger partial charge in [0.2, 0.25) is 0 Å². The lowest BCUT2D eigenvalue weighted by Crippen LogP contribution is -2.18. The van der Waals surface area contributed by atoms with Crippen molar-refractivity contribution in [3.8, 4) is 11.5 Å². The molecule has 35 heavy (non-hydrogen) atoms. The monoisotopic (exact) mass is 868 g/mol. The number of benzene rings is 2. The van der Waals surface area contributed by atoms with E-state index in [4.69, 9.17) is 18.9 Å². The topological polar surface area (TPSA) is 36.9 Å². The third kappa shape index (κ3) is 11.6. The Kier molecular flexibility index (Phi) is 16.0. The molecule has 0 heterocycles. The average molecular weight is 874 g/mol. The number of rotatable bonds is 16. The molecule has 0 aliphatic heterocycles. The zero-order chi connectivity index (χ0) is 25.8. The highest BCUT2D eigenvalue weighted by Gasteiger charge is 2.15. The molecule has 0 amide bonds. The Balaban J connectivity index is 1.99. The van der Waals surface area contributed by atoms with Crippen LogP contribution in [0.4, 0.5) is 0 Å². The molecule has 0 aromatic heterocycles. The second kappa shape index (κ2) is 17.4. The van der Waals surface area contributed by atoms with E-state index in [1.807, 2.05) is 0 Å². The smallest absolute Gasteiger partial charge is 0.147 e. The molecule has 0 bridgehead atoms. The van der Waals surface area contributed by atoms with Crippen molar-refractivity contribution < 1.29 is 18.9 Å². The van der Waals surface area contributed by atoms with Crippen molar-refractivity contribution in [3.63, 3.8) is 0 Å². The van der Waals surface area contributed by atoms with Crippen LogP contribution in [0, 0.1) is 0 Å². The fourth-order valence-corrected chi connectivity index (χ4v) is 6.75. The van der Waals surface area contributed by atoms with E-state index in [2.05, 4.69) is 134 Å². The molecule has 196 valence electrons. The first-order valence-corrected chi connectivity index (χ1v) is 16.4. The Morgan fingerprint density at radius 3 is 1.26 bits per heavy atom. The molecule has 0 aliphatic carbocycles. The van der Waals surface area contributed by atoms with Crippen LogP contribution in [0.5, 0.6) is 11.5 Å². The van der Waals surface area contributed by atoms with E-state index in [9.17, 15) is 0 Å². The molecule has 2 rings (SSSR count). The molecule has 0 saturated carbocycles. The summed E-state index contributed by atoms with van der Waals surface area (Å²) in [5, 5.41) is 0. The van der Waals surface area contributed by atoms with Gasteiger partial charge in [-0.05, 0) is 118 Å². The summed E-state index contributed by atoms with van der Waals surface area (Å²) in [6, 6.07) is 8.37. The van der Waals surface area contributed by atoms with Crippen molar-refractivity contribution in [2.75, 3.05) is 39.6 Å². The van der Waals surface area contributed by atoms with Crippen molar-refractivity contribution in [2.45, 2.75) is 42.8 Å². The maximum absolute atomic E-state index is 6.03. The van der Waals surface area contributed by atoms with E-state index in [-0.39, 0.29) is 9.65 Å². The number of alkyl halides is 2. The van der Waals surface area contributed by atoms with E-state index in [1.165, 1.54) is 0 Å². The molecule has 0 saturated heterocycles. The Morgan fingerprint density at radius 2 is 0.943 bits per heavy atom. The molecule has 4 nitrogen and oxygen atoms in total. The van der Waals surface area contributed by atoms with Crippen molar-refractivity contribution in [1.29, 1.82) is 0 Å². The summed E-state index contributed by atoms with van der Waals surface area (Å²) >= 11 is 21.9. The van der Waals surface area contributed by atoms with Crippen molar-refractivity contribution in [2.24, 2.45) is 0 Å². The van der Waals surface area contributed by atoms with Crippen LogP contribution in [-0.4, -0.2) is 49.3 Å². The van der Waals surface area contributed by atoms with Crippen LogP contribution in [-0.2, 0) is 15.9 Å². The highest BCUT2D eigenvalue weighted by Crippen LogP contribution is 2.38. The number of hydrogen-bond acceptors (Lipinski definition) is 4. The molecule has 0 spiro atoms. The lowest BCUT2D eigenvalue weighted by molar-refractivity contribution is 0.125. The Labute approximate surface area is 259 Å². The molecular formula is C25H30Br6O4. The lowest BCUT2D eigenvalue weighted by Gasteiger charge is -2.17. The van der Waals surface area contributed by atoms with Gasteiger partial charge in [0, 0.05) is 13.2 Å². The SMILES string of the molecule is CCCOCC(Br)COc1c(Br)cc(Cc2cc(Br)c(OCC(Br)COCCC)c(Br)c2)cc1Br. The minimum atomic E-state index is 0.131.